The lowest BCUT2D eigenvalue weighted by Crippen LogP contribution is -2.15. The quantitative estimate of drug-likeness (QED) is 0.518. The number of carbonyl (C=O) groups excluding carboxylic acids is 1. The molecular weight excluding hydrogens is 433 g/mol. The predicted molar refractivity (Wildman–Crippen MR) is 109 cm³/mol. The maximum absolute atomic E-state index is 12.6. The molecule has 1 aromatic heterocycles. The van der Waals surface area contributed by atoms with Crippen molar-refractivity contribution in [3.8, 4) is 11.5 Å². The predicted octanol–water partition coefficient (Wildman–Crippen LogP) is 4.15. The van der Waals surface area contributed by atoms with Crippen LogP contribution >= 0.6 is 11.8 Å². The zero-order chi connectivity index (χ0) is 22.4. The summed E-state index contributed by atoms with van der Waals surface area (Å²) in [7, 11) is 3.30. The second-order valence-electron chi connectivity index (χ2n) is 6.31. The summed E-state index contributed by atoms with van der Waals surface area (Å²) in [6.45, 7) is 0.155. The number of alkyl halides is 3. The summed E-state index contributed by atoms with van der Waals surface area (Å²) >= 11 is 1.15. The standard InChI is InChI=1S/C20H19F3N4O3S/c1-27-17(11-30-16-6-4-3-5-15(16)29-2)25-26-19(27)31-12-18(28)24-14-9-7-13(8-10-14)20(21,22)23/h3-10H,11-12H2,1-2H3,(H,24,28). The summed E-state index contributed by atoms with van der Waals surface area (Å²) in [6.07, 6.45) is -4.42. The van der Waals surface area contributed by atoms with Crippen molar-refractivity contribution >= 4 is 23.4 Å². The fourth-order valence-electron chi connectivity index (χ4n) is 2.55. The zero-order valence-electron chi connectivity index (χ0n) is 16.6. The van der Waals surface area contributed by atoms with Gasteiger partial charge in [0.1, 0.15) is 6.61 Å². The van der Waals surface area contributed by atoms with E-state index in [0.717, 1.165) is 23.9 Å². The van der Waals surface area contributed by atoms with Crippen molar-refractivity contribution in [3.63, 3.8) is 0 Å². The first kappa shape index (κ1) is 22.5. The van der Waals surface area contributed by atoms with E-state index >= 15 is 0 Å². The third kappa shape index (κ3) is 5.91. The van der Waals surface area contributed by atoms with Crippen molar-refractivity contribution in [2.24, 2.45) is 7.05 Å². The van der Waals surface area contributed by atoms with Gasteiger partial charge in [-0.2, -0.15) is 13.2 Å². The van der Waals surface area contributed by atoms with Crippen molar-refractivity contribution < 1.29 is 27.4 Å². The maximum atomic E-state index is 12.6. The van der Waals surface area contributed by atoms with E-state index in [1.54, 1.807) is 30.9 Å². The molecule has 0 radical (unpaired) electrons. The van der Waals surface area contributed by atoms with Crippen molar-refractivity contribution in [1.82, 2.24) is 14.8 Å². The molecule has 1 amide bonds. The molecule has 3 aromatic rings. The summed E-state index contributed by atoms with van der Waals surface area (Å²) < 4.78 is 50.5. The highest BCUT2D eigenvalue weighted by Gasteiger charge is 2.30. The second-order valence-corrected chi connectivity index (χ2v) is 7.25. The van der Waals surface area contributed by atoms with E-state index in [0.29, 0.717) is 22.5 Å². The molecule has 1 heterocycles. The van der Waals surface area contributed by atoms with Crippen LogP contribution in [0.4, 0.5) is 18.9 Å². The molecule has 0 fully saturated rings. The highest BCUT2D eigenvalue weighted by Crippen LogP contribution is 2.30. The molecule has 0 aliphatic heterocycles. The summed E-state index contributed by atoms with van der Waals surface area (Å²) in [5.74, 6) is 1.36. The number of para-hydroxylation sites is 2. The number of amides is 1. The largest absolute Gasteiger partial charge is 0.493 e. The van der Waals surface area contributed by atoms with E-state index in [2.05, 4.69) is 15.5 Å². The number of carbonyl (C=O) groups is 1. The van der Waals surface area contributed by atoms with Gasteiger partial charge in [0, 0.05) is 12.7 Å². The number of methoxy groups -OCH3 is 1. The monoisotopic (exact) mass is 452 g/mol. The molecule has 31 heavy (non-hydrogen) atoms. The van der Waals surface area contributed by atoms with Gasteiger partial charge in [0.05, 0.1) is 18.4 Å². The normalized spacial score (nSPS) is 11.3. The van der Waals surface area contributed by atoms with Crippen molar-refractivity contribution in [1.29, 1.82) is 0 Å². The van der Waals surface area contributed by atoms with Gasteiger partial charge in [-0.1, -0.05) is 23.9 Å². The molecule has 2 aromatic carbocycles. The smallest absolute Gasteiger partial charge is 0.416 e. The number of anilines is 1. The lowest BCUT2D eigenvalue weighted by Gasteiger charge is -2.10. The Kier molecular flexibility index (Phi) is 7.06. The number of hydrogen-bond acceptors (Lipinski definition) is 6. The number of ether oxygens (including phenoxy) is 2. The van der Waals surface area contributed by atoms with Crippen molar-refractivity contribution in [2.45, 2.75) is 17.9 Å². The maximum Gasteiger partial charge on any atom is 0.416 e. The van der Waals surface area contributed by atoms with E-state index in [-0.39, 0.29) is 24.0 Å². The second kappa shape index (κ2) is 9.73. The molecule has 0 aliphatic rings. The number of nitrogens with one attached hydrogen (secondary N) is 1. The molecule has 1 N–H and O–H groups in total. The topological polar surface area (TPSA) is 78.3 Å². The Labute approximate surface area is 180 Å². The van der Waals surface area contributed by atoms with Gasteiger partial charge in [-0.15, -0.1) is 10.2 Å². The molecule has 11 heteroatoms. The number of thioether (sulfide) groups is 1. The molecule has 164 valence electrons. The number of nitrogens with zero attached hydrogens (tertiary/aromatic N) is 3. The van der Waals surface area contributed by atoms with Gasteiger partial charge in [-0.05, 0) is 36.4 Å². The summed E-state index contributed by atoms with van der Waals surface area (Å²) in [5, 5.41) is 11.2. The molecule has 0 aliphatic carbocycles. The zero-order valence-corrected chi connectivity index (χ0v) is 17.5. The van der Waals surface area contributed by atoms with Crippen LogP contribution in [-0.4, -0.2) is 33.5 Å². The van der Waals surface area contributed by atoms with E-state index < -0.39 is 11.7 Å². The Morgan fingerprint density at radius 3 is 2.42 bits per heavy atom. The summed E-state index contributed by atoms with van der Waals surface area (Å²) in [4.78, 5) is 12.1. The van der Waals surface area contributed by atoms with Crippen LogP contribution in [0.3, 0.4) is 0 Å². The molecule has 0 unspecified atom stereocenters. The van der Waals surface area contributed by atoms with Crippen LogP contribution in [0.15, 0.2) is 53.7 Å². The fraction of sp³-hybridized carbons (Fsp3) is 0.250. The Bertz CT molecular complexity index is 1040. The van der Waals surface area contributed by atoms with Crippen molar-refractivity contribution in [2.75, 3.05) is 18.2 Å². The lowest BCUT2D eigenvalue weighted by atomic mass is 10.2. The molecule has 7 nitrogen and oxygen atoms in total. The van der Waals surface area contributed by atoms with Gasteiger partial charge < -0.3 is 19.4 Å². The minimum atomic E-state index is -4.42. The number of rotatable bonds is 8. The summed E-state index contributed by atoms with van der Waals surface area (Å²) in [6, 6.07) is 11.5. The minimum Gasteiger partial charge on any atom is -0.493 e. The highest BCUT2D eigenvalue weighted by molar-refractivity contribution is 7.99. The van der Waals surface area contributed by atoms with Gasteiger partial charge in [0.15, 0.2) is 22.5 Å². The van der Waals surface area contributed by atoms with Crippen LogP contribution in [0.5, 0.6) is 11.5 Å². The summed E-state index contributed by atoms with van der Waals surface area (Å²) in [5.41, 5.74) is -0.496. The van der Waals surface area contributed by atoms with Crippen LogP contribution in [0.2, 0.25) is 0 Å². The lowest BCUT2D eigenvalue weighted by molar-refractivity contribution is -0.137. The Hall–Kier alpha value is -3.21. The van der Waals surface area contributed by atoms with Crippen LogP contribution in [0, 0.1) is 0 Å². The van der Waals surface area contributed by atoms with Crippen LogP contribution < -0.4 is 14.8 Å². The molecule has 3 rings (SSSR count). The first-order valence-corrected chi connectivity index (χ1v) is 10.0. The van der Waals surface area contributed by atoms with Gasteiger partial charge in [-0.25, -0.2) is 0 Å². The Morgan fingerprint density at radius 2 is 1.77 bits per heavy atom. The number of halogens is 3. The minimum absolute atomic E-state index is 0.0142. The third-order valence-electron chi connectivity index (χ3n) is 4.18. The fourth-order valence-corrected chi connectivity index (χ4v) is 3.28. The van der Waals surface area contributed by atoms with Crippen molar-refractivity contribution in [3.05, 3.63) is 59.9 Å². The van der Waals surface area contributed by atoms with Crippen LogP contribution in [0.25, 0.3) is 0 Å². The van der Waals surface area contributed by atoms with E-state index in [4.69, 9.17) is 9.47 Å². The van der Waals surface area contributed by atoms with Crippen LogP contribution in [0.1, 0.15) is 11.4 Å². The Balaban J connectivity index is 1.53. The first-order valence-electron chi connectivity index (χ1n) is 9.02. The SMILES string of the molecule is COc1ccccc1OCc1nnc(SCC(=O)Nc2ccc(C(F)(F)F)cc2)n1C. The molecule has 0 spiro atoms. The number of aromatic nitrogens is 3. The highest BCUT2D eigenvalue weighted by atomic mass is 32.2. The van der Waals surface area contributed by atoms with E-state index in [1.807, 2.05) is 12.1 Å². The van der Waals surface area contributed by atoms with E-state index in [1.165, 1.54) is 12.1 Å². The number of benzene rings is 2. The van der Waals surface area contributed by atoms with Gasteiger partial charge in [0.2, 0.25) is 5.91 Å². The van der Waals surface area contributed by atoms with Crippen LogP contribution in [-0.2, 0) is 24.6 Å². The average Bonchev–Trinajstić information content (AvgIpc) is 3.10. The van der Waals surface area contributed by atoms with E-state index in [9.17, 15) is 18.0 Å². The first-order chi connectivity index (χ1) is 14.8. The molecule has 0 saturated heterocycles. The molecule has 0 saturated carbocycles. The molecular formula is C20H19F3N4O3S. The third-order valence-corrected chi connectivity index (χ3v) is 5.20. The molecule has 0 bridgehead atoms. The van der Waals surface area contributed by atoms with Gasteiger partial charge in [0.25, 0.3) is 0 Å². The van der Waals surface area contributed by atoms with Gasteiger partial charge >= 0.3 is 6.18 Å². The number of hydrogen-bond donors (Lipinski definition) is 1. The molecule has 0 atom stereocenters. The average molecular weight is 452 g/mol. The van der Waals surface area contributed by atoms with Gasteiger partial charge in [-0.3, -0.25) is 4.79 Å². The Morgan fingerprint density at radius 1 is 1.10 bits per heavy atom.